The number of rotatable bonds is 11. The Bertz CT molecular complexity index is 8330. The van der Waals surface area contributed by atoms with Crippen LogP contribution in [0.2, 0.25) is 0 Å². The van der Waals surface area contributed by atoms with Gasteiger partial charge in [-0.05, 0) is 208 Å². The second-order valence-corrected chi connectivity index (χ2v) is 34.9. The Labute approximate surface area is 721 Å². The summed E-state index contributed by atoms with van der Waals surface area (Å²) in [6, 6.07) is 122. The monoisotopic (exact) mass is 1570 g/mol. The molecule has 0 unspecified atom stereocenters. The molecule has 0 spiro atoms. The van der Waals surface area contributed by atoms with E-state index in [9.17, 15) is 11.0 Å². The average Bonchev–Trinajstić information content (AvgIpc) is 0.756. The highest BCUT2D eigenvalue weighted by atomic mass is 16.3. The first-order valence-corrected chi connectivity index (χ1v) is 42.1. The standard InChI is InChI=1S/C116H83BN4O/c1-115(2,3)84-53-46-72(47-54-84)81-64-93(74-28-11-7-12-29-74)113(94(65-81)75-30-13-8-14-31-75)120-105-68-80(78-52-61-110-98(63-78)90-39-22-26-45-109(90)122-110)50-58-99(105)117-100-59-57-86(118-101-42-23-19-36-87(101)88-37-20-24-43-102(88)118)71-106(100)121(114-95(76-32-15-9-16-33-76)66-82(67-96(114)77-34-17-10-18-35-77)73-48-55-85(56-49-73)116(4,5)6)108-70-83(69-107(120)111(108)117)79-51-60-104-97(62-79)92-41-27-40-91-89-38-21-25-44-103(89)119(104)112(91)92/h7-71H,1-6H3/i19D,20D,23D,24D,36D,37D,42D,43D. The zero-order valence-corrected chi connectivity index (χ0v) is 68.2. The number of hydrogen-bond acceptors (Lipinski definition) is 3. The maximum absolute atomic E-state index is 10.1. The Morgan fingerprint density at radius 3 is 1.20 bits per heavy atom. The average molecular weight is 1570 g/mol. The molecule has 18 aromatic carbocycles. The van der Waals surface area contributed by atoms with Crippen LogP contribution in [0.1, 0.15) is 63.6 Å². The van der Waals surface area contributed by atoms with Crippen LogP contribution in [0.5, 0.6) is 0 Å². The SMILES string of the molecule is [2H]c1c([2H])c([2H])c2c(c1[2H])c1c([2H])c([2H])c([2H])c([2H])c1n2-c1ccc2c(c1)N(c1c(-c3ccccc3)cc(-c3ccc(C(C)(C)C)cc3)cc1-c1ccccc1)c1cc(-c3ccc4c(c3)c3cccc5c6ccccc6n4c53)cc3c1B2c1ccc(-c2ccc4oc5ccccc5c4c2)cc1N3c1c(-c2ccccc2)cc(-c2ccc(C(C)(C)C)cc2)cc1-c1ccccc1. The summed E-state index contributed by atoms with van der Waals surface area (Å²) < 4.78 is 87.8. The Morgan fingerprint density at radius 2 is 0.664 bits per heavy atom. The lowest BCUT2D eigenvalue weighted by atomic mass is 9.33. The van der Waals surface area contributed by atoms with Crippen LogP contribution in [0.15, 0.2) is 399 Å². The second kappa shape index (κ2) is 27.3. The van der Waals surface area contributed by atoms with Gasteiger partial charge in [-0.3, -0.25) is 0 Å². The minimum atomic E-state index is -0.591. The van der Waals surface area contributed by atoms with E-state index >= 15 is 0 Å². The Hall–Kier alpha value is -15.0. The molecule has 576 valence electrons. The summed E-state index contributed by atoms with van der Waals surface area (Å²) in [5.41, 5.74) is 31.5. The van der Waals surface area contributed by atoms with Crippen molar-refractivity contribution in [3.05, 3.63) is 405 Å². The fourth-order valence-corrected chi connectivity index (χ4v) is 19.9. The van der Waals surface area contributed by atoms with E-state index in [1.54, 1.807) is 4.57 Å². The van der Waals surface area contributed by atoms with Crippen LogP contribution in [-0.4, -0.2) is 15.7 Å². The number of furan rings is 1. The first-order chi connectivity index (χ1) is 63.1. The molecule has 6 heterocycles. The van der Waals surface area contributed by atoms with Crippen LogP contribution in [0.4, 0.5) is 34.1 Å². The zero-order valence-electron chi connectivity index (χ0n) is 76.2. The Kier molecular flexibility index (Phi) is 14.1. The van der Waals surface area contributed by atoms with Gasteiger partial charge in [-0.25, -0.2) is 0 Å². The van der Waals surface area contributed by atoms with E-state index in [0.717, 1.165) is 189 Å². The molecule has 0 fully saturated rings. The first-order valence-electron chi connectivity index (χ1n) is 46.1. The third-order valence-electron chi connectivity index (χ3n) is 25.8. The molecular formula is C116H83BN4O. The van der Waals surface area contributed by atoms with Gasteiger partial charge in [0.25, 0.3) is 6.71 Å². The van der Waals surface area contributed by atoms with Crippen LogP contribution >= 0.6 is 0 Å². The van der Waals surface area contributed by atoms with Crippen LogP contribution in [0.25, 0.3) is 177 Å². The molecule has 4 aromatic heterocycles. The van der Waals surface area contributed by atoms with Crippen molar-refractivity contribution in [3.63, 3.8) is 0 Å². The van der Waals surface area contributed by atoms with E-state index in [2.05, 4.69) is 383 Å². The van der Waals surface area contributed by atoms with Crippen molar-refractivity contribution in [3.8, 4) is 94.7 Å². The van der Waals surface area contributed by atoms with Gasteiger partial charge in [0, 0.05) is 93.8 Å². The van der Waals surface area contributed by atoms with E-state index in [-0.39, 0.29) is 44.7 Å². The molecule has 0 saturated carbocycles. The third kappa shape index (κ3) is 11.2. The van der Waals surface area contributed by atoms with Crippen molar-refractivity contribution in [2.45, 2.75) is 52.4 Å². The number of aromatic nitrogens is 2. The molecule has 0 N–H and O–H groups in total. The van der Waals surface area contributed by atoms with Crippen molar-refractivity contribution < 1.29 is 15.4 Å². The lowest BCUT2D eigenvalue weighted by molar-refractivity contribution is 0.590. The summed E-state index contributed by atoms with van der Waals surface area (Å²) in [5.74, 6) is 0. The topological polar surface area (TPSA) is 29.0 Å². The molecule has 2 aliphatic heterocycles. The Balaban J connectivity index is 0.893. The van der Waals surface area contributed by atoms with Crippen molar-refractivity contribution in [1.82, 2.24) is 8.97 Å². The van der Waals surface area contributed by atoms with Gasteiger partial charge >= 0.3 is 0 Å². The molecule has 0 bridgehead atoms. The molecule has 22 aromatic rings. The van der Waals surface area contributed by atoms with Crippen molar-refractivity contribution in [1.29, 1.82) is 0 Å². The van der Waals surface area contributed by atoms with Crippen LogP contribution in [0.3, 0.4) is 0 Å². The van der Waals surface area contributed by atoms with E-state index in [1.807, 2.05) is 18.2 Å². The summed E-state index contributed by atoms with van der Waals surface area (Å²) in [7, 11) is 0. The van der Waals surface area contributed by atoms with E-state index in [1.165, 1.54) is 21.9 Å². The maximum atomic E-state index is 10.1. The quantitative estimate of drug-likeness (QED) is 0.121. The van der Waals surface area contributed by atoms with Crippen LogP contribution in [0, 0.1) is 0 Å². The van der Waals surface area contributed by atoms with E-state index in [4.69, 9.17) is 4.42 Å². The molecule has 2 aliphatic rings. The van der Waals surface area contributed by atoms with Crippen LogP contribution < -0.4 is 26.2 Å². The van der Waals surface area contributed by atoms with E-state index < -0.39 is 43.0 Å². The van der Waals surface area contributed by atoms with Crippen molar-refractivity contribution in [2.75, 3.05) is 9.80 Å². The highest BCUT2D eigenvalue weighted by Crippen LogP contribution is 2.57. The molecule has 0 aliphatic carbocycles. The number of hydrogen-bond donors (Lipinski definition) is 0. The van der Waals surface area contributed by atoms with Crippen molar-refractivity contribution >= 4 is 139 Å². The number of para-hydroxylation sites is 5. The molecule has 6 heteroatoms. The van der Waals surface area contributed by atoms with Gasteiger partial charge < -0.3 is 23.2 Å². The van der Waals surface area contributed by atoms with Crippen LogP contribution in [-0.2, 0) is 10.8 Å². The molecule has 24 rings (SSSR count). The van der Waals surface area contributed by atoms with E-state index in [0.29, 0.717) is 5.69 Å². The minimum Gasteiger partial charge on any atom is -0.456 e. The lowest BCUT2D eigenvalue weighted by Crippen LogP contribution is -2.61. The molecule has 5 nitrogen and oxygen atoms in total. The minimum absolute atomic E-state index is 0.00834. The molecule has 0 atom stereocenters. The molecule has 0 saturated heterocycles. The summed E-state index contributed by atoms with van der Waals surface area (Å²) in [6.45, 7) is 12.9. The molecule has 0 radical (unpaired) electrons. The highest BCUT2D eigenvalue weighted by molar-refractivity contribution is 7.00. The fraction of sp³-hybridized carbons (Fsp3) is 0.0690. The van der Waals surface area contributed by atoms with Gasteiger partial charge in [0.2, 0.25) is 0 Å². The normalized spacial score (nSPS) is 13.7. The largest absolute Gasteiger partial charge is 0.456 e. The van der Waals surface area contributed by atoms with Gasteiger partial charge in [0.05, 0.1) is 49.9 Å². The number of fused-ring (bicyclic) bond motifs is 16. The lowest BCUT2D eigenvalue weighted by Gasteiger charge is -2.46. The first kappa shape index (κ1) is 63.2. The highest BCUT2D eigenvalue weighted by Gasteiger charge is 2.46. The summed E-state index contributed by atoms with van der Waals surface area (Å²) in [6.07, 6.45) is 0. The smallest absolute Gasteiger partial charge is 0.252 e. The van der Waals surface area contributed by atoms with Gasteiger partial charge in [0.1, 0.15) is 11.2 Å². The van der Waals surface area contributed by atoms with Gasteiger partial charge in [-0.15, -0.1) is 0 Å². The molecule has 0 amide bonds. The second-order valence-electron chi connectivity index (χ2n) is 34.9. The van der Waals surface area contributed by atoms with Gasteiger partial charge in [-0.2, -0.15) is 0 Å². The predicted octanol–water partition coefficient (Wildman–Crippen LogP) is 29.8. The predicted molar refractivity (Wildman–Crippen MR) is 518 cm³/mol. The fourth-order valence-electron chi connectivity index (χ4n) is 19.9. The number of benzene rings is 18. The summed E-state index contributed by atoms with van der Waals surface area (Å²) >= 11 is 0. The number of anilines is 6. The molecular weight excluding hydrogens is 1480 g/mol. The van der Waals surface area contributed by atoms with Gasteiger partial charge in [0.15, 0.2) is 0 Å². The van der Waals surface area contributed by atoms with Gasteiger partial charge in [-0.1, -0.05) is 333 Å². The number of nitrogens with zero attached hydrogens (tertiary/aromatic N) is 4. The van der Waals surface area contributed by atoms with Crippen molar-refractivity contribution in [2.24, 2.45) is 0 Å². The Morgan fingerprint density at radius 1 is 0.270 bits per heavy atom. The third-order valence-corrected chi connectivity index (χ3v) is 25.8. The zero-order chi connectivity index (χ0) is 88.3. The summed E-state index contributed by atoms with van der Waals surface area (Å²) in [5, 5.41) is 6.62. The summed E-state index contributed by atoms with van der Waals surface area (Å²) in [4.78, 5) is 5.07. The maximum Gasteiger partial charge on any atom is 0.252 e. The molecule has 122 heavy (non-hydrogen) atoms.